The van der Waals surface area contributed by atoms with Crippen LogP contribution < -0.4 is 10.9 Å². The van der Waals surface area contributed by atoms with Gasteiger partial charge in [-0.15, -0.1) is 0 Å². The molecule has 21 heavy (non-hydrogen) atoms. The molecule has 9 nitrogen and oxygen atoms in total. The third-order valence-corrected chi connectivity index (χ3v) is 2.80. The number of aromatic nitrogens is 3. The van der Waals surface area contributed by atoms with Crippen LogP contribution in [0.25, 0.3) is 0 Å². The molecule has 0 unspecified atom stereocenters. The molecule has 0 aliphatic carbocycles. The SMILES string of the molecule is CC(C)c1cc(NC(=O)c2cc([N+](=O)[O-])c[nH]c2=O)n[nH]1. The van der Waals surface area contributed by atoms with Crippen LogP contribution in [0.2, 0.25) is 0 Å². The van der Waals surface area contributed by atoms with Crippen molar-refractivity contribution >= 4 is 17.4 Å². The molecule has 0 radical (unpaired) electrons. The van der Waals surface area contributed by atoms with Gasteiger partial charge < -0.3 is 10.3 Å². The van der Waals surface area contributed by atoms with Crippen LogP contribution in [0, 0.1) is 10.1 Å². The van der Waals surface area contributed by atoms with Crippen molar-refractivity contribution in [1.29, 1.82) is 0 Å². The molecule has 0 atom stereocenters. The topological polar surface area (TPSA) is 134 Å². The van der Waals surface area contributed by atoms with Crippen molar-refractivity contribution in [2.45, 2.75) is 19.8 Å². The maximum Gasteiger partial charge on any atom is 0.286 e. The normalized spacial score (nSPS) is 10.6. The molecule has 0 aliphatic rings. The number of nitro groups is 1. The summed E-state index contributed by atoms with van der Waals surface area (Å²) in [4.78, 5) is 35.7. The zero-order valence-corrected chi connectivity index (χ0v) is 11.3. The summed E-state index contributed by atoms with van der Waals surface area (Å²) in [6, 6.07) is 2.55. The third kappa shape index (κ3) is 3.14. The summed E-state index contributed by atoms with van der Waals surface area (Å²) in [5, 5.41) is 19.7. The van der Waals surface area contributed by atoms with Crippen LogP contribution in [0.4, 0.5) is 11.5 Å². The molecule has 0 spiro atoms. The van der Waals surface area contributed by atoms with Crippen molar-refractivity contribution in [2.75, 3.05) is 5.32 Å². The van der Waals surface area contributed by atoms with Gasteiger partial charge in [0.1, 0.15) is 5.56 Å². The summed E-state index contributed by atoms with van der Waals surface area (Å²) < 4.78 is 0. The zero-order valence-electron chi connectivity index (χ0n) is 11.3. The van der Waals surface area contributed by atoms with E-state index in [0.717, 1.165) is 18.0 Å². The highest BCUT2D eigenvalue weighted by Gasteiger charge is 2.17. The summed E-state index contributed by atoms with van der Waals surface area (Å²) in [5.74, 6) is -0.319. The summed E-state index contributed by atoms with van der Waals surface area (Å²) in [7, 11) is 0. The first-order valence-electron chi connectivity index (χ1n) is 6.12. The summed E-state index contributed by atoms with van der Waals surface area (Å²) in [5.41, 5.74) is -0.612. The standard InChI is InChI=1S/C12H13N5O4/c1-6(2)9-4-10(16-15-9)14-12(19)8-3-7(17(20)21)5-13-11(8)18/h3-6H,1-2H3,(H,13,18)(H2,14,15,16,19). The predicted molar refractivity (Wildman–Crippen MR) is 74.3 cm³/mol. The van der Waals surface area contributed by atoms with Crippen LogP contribution in [0.15, 0.2) is 23.1 Å². The van der Waals surface area contributed by atoms with Crippen LogP contribution in [-0.2, 0) is 0 Å². The Kier molecular flexibility index (Phi) is 3.83. The van der Waals surface area contributed by atoms with Gasteiger partial charge in [0.2, 0.25) is 0 Å². The lowest BCUT2D eigenvalue weighted by Crippen LogP contribution is -2.23. The van der Waals surface area contributed by atoms with Crippen LogP contribution in [-0.4, -0.2) is 26.0 Å². The van der Waals surface area contributed by atoms with Gasteiger partial charge in [0.25, 0.3) is 17.2 Å². The highest BCUT2D eigenvalue weighted by Crippen LogP contribution is 2.15. The van der Waals surface area contributed by atoms with E-state index < -0.39 is 16.4 Å². The lowest BCUT2D eigenvalue weighted by molar-refractivity contribution is -0.385. The average Bonchev–Trinajstić information content (AvgIpc) is 2.87. The van der Waals surface area contributed by atoms with Crippen molar-refractivity contribution in [3.63, 3.8) is 0 Å². The van der Waals surface area contributed by atoms with Gasteiger partial charge in [-0.2, -0.15) is 5.10 Å². The highest BCUT2D eigenvalue weighted by atomic mass is 16.6. The minimum atomic E-state index is -0.762. The van der Waals surface area contributed by atoms with E-state index >= 15 is 0 Å². The fraction of sp³-hybridized carbons (Fsp3) is 0.250. The molecule has 1 amide bonds. The lowest BCUT2D eigenvalue weighted by atomic mass is 10.1. The van der Waals surface area contributed by atoms with E-state index in [2.05, 4.69) is 20.5 Å². The minimum Gasteiger partial charge on any atom is -0.322 e. The van der Waals surface area contributed by atoms with Gasteiger partial charge >= 0.3 is 0 Å². The second kappa shape index (κ2) is 5.57. The Morgan fingerprint density at radius 3 is 2.71 bits per heavy atom. The third-order valence-electron chi connectivity index (χ3n) is 2.80. The molecule has 0 bridgehead atoms. The molecule has 0 saturated heterocycles. The van der Waals surface area contributed by atoms with Crippen LogP contribution in [0.5, 0.6) is 0 Å². The number of nitrogens with zero attached hydrogens (tertiary/aromatic N) is 2. The van der Waals surface area contributed by atoms with Crippen molar-refractivity contribution in [3.05, 3.63) is 50.1 Å². The van der Waals surface area contributed by atoms with E-state index in [4.69, 9.17) is 0 Å². The number of rotatable bonds is 4. The van der Waals surface area contributed by atoms with Gasteiger partial charge in [-0.05, 0) is 5.92 Å². The summed E-state index contributed by atoms with van der Waals surface area (Å²) in [6.45, 7) is 3.90. The molecule has 2 aromatic heterocycles. The number of carbonyl (C=O) groups excluding carboxylic acids is 1. The molecule has 9 heteroatoms. The number of H-pyrrole nitrogens is 2. The fourth-order valence-corrected chi connectivity index (χ4v) is 1.63. The zero-order chi connectivity index (χ0) is 15.6. The Labute approximate surface area is 118 Å². The predicted octanol–water partition coefficient (Wildman–Crippen LogP) is 1.38. The number of amides is 1. The first-order valence-corrected chi connectivity index (χ1v) is 6.12. The van der Waals surface area contributed by atoms with Gasteiger partial charge in [0.15, 0.2) is 5.82 Å². The Morgan fingerprint density at radius 2 is 2.14 bits per heavy atom. The van der Waals surface area contributed by atoms with Crippen LogP contribution >= 0.6 is 0 Å². The Morgan fingerprint density at radius 1 is 1.43 bits per heavy atom. The van der Waals surface area contributed by atoms with Crippen LogP contribution in [0.1, 0.15) is 35.8 Å². The number of anilines is 1. The van der Waals surface area contributed by atoms with Gasteiger partial charge in [0.05, 0.1) is 11.1 Å². The van der Waals surface area contributed by atoms with Crippen molar-refractivity contribution in [2.24, 2.45) is 0 Å². The van der Waals surface area contributed by atoms with E-state index in [1.807, 2.05) is 13.8 Å². The first-order chi connectivity index (χ1) is 9.88. The summed E-state index contributed by atoms with van der Waals surface area (Å²) >= 11 is 0. The van der Waals surface area contributed by atoms with Crippen molar-refractivity contribution < 1.29 is 9.72 Å². The van der Waals surface area contributed by atoms with Crippen molar-refractivity contribution in [3.8, 4) is 0 Å². The maximum absolute atomic E-state index is 12.0. The maximum atomic E-state index is 12.0. The number of hydrogen-bond acceptors (Lipinski definition) is 5. The smallest absolute Gasteiger partial charge is 0.286 e. The largest absolute Gasteiger partial charge is 0.322 e. The quantitative estimate of drug-likeness (QED) is 0.578. The summed E-state index contributed by atoms with van der Waals surface area (Å²) in [6.07, 6.45) is 0.935. The van der Waals surface area contributed by atoms with E-state index in [0.29, 0.717) is 0 Å². The Hall–Kier alpha value is -2.97. The Balaban J connectivity index is 2.25. The molecule has 2 heterocycles. The second-order valence-electron chi connectivity index (χ2n) is 4.68. The van der Waals surface area contributed by atoms with E-state index in [9.17, 15) is 19.7 Å². The molecular weight excluding hydrogens is 278 g/mol. The van der Waals surface area contributed by atoms with Gasteiger partial charge in [-0.1, -0.05) is 13.8 Å². The van der Waals surface area contributed by atoms with E-state index in [-0.39, 0.29) is 23.0 Å². The molecule has 0 fully saturated rings. The highest BCUT2D eigenvalue weighted by molar-refractivity contribution is 6.03. The molecule has 110 valence electrons. The first kappa shape index (κ1) is 14.4. The molecule has 0 aromatic carbocycles. The van der Waals surface area contributed by atoms with Gasteiger partial charge in [-0.3, -0.25) is 24.8 Å². The number of pyridine rings is 1. The molecule has 2 rings (SSSR count). The molecule has 0 saturated carbocycles. The van der Waals surface area contributed by atoms with Gasteiger partial charge in [0, 0.05) is 17.8 Å². The lowest BCUT2D eigenvalue weighted by Gasteiger charge is -2.01. The van der Waals surface area contributed by atoms with Crippen molar-refractivity contribution in [1.82, 2.24) is 15.2 Å². The monoisotopic (exact) mass is 291 g/mol. The number of aromatic amines is 2. The second-order valence-corrected chi connectivity index (χ2v) is 4.68. The Bertz CT molecular complexity index is 746. The number of nitrogens with one attached hydrogen (secondary N) is 3. The average molecular weight is 291 g/mol. The van der Waals surface area contributed by atoms with E-state index in [1.165, 1.54) is 0 Å². The molecule has 2 aromatic rings. The van der Waals surface area contributed by atoms with E-state index in [1.54, 1.807) is 6.07 Å². The van der Waals surface area contributed by atoms with Crippen LogP contribution in [0.3, 0.4) is 0 Å². The number of carbonyl (C=O) groups is 1. The minimum absolute atomic E-state index is 0.198. The molecular formula is C12H13N5O4. The molecule has 3 N–H and O–H groups in total. The molecule has 0 aliphatic heterocycles. The number of hydrogen-bond donors (Lipinski definition) is 3. The fourth-order valence-electron chi connectivity index (χ4n) is 1.63. The van der Waals surface area contributed by atoms with Gasteiger partial charge in [-0.25, -0.2) is 0 Å².